The molecule has 2 heterocycles. The van der Waals surface area contributed by atoms with Crippen molar-refractivity contribution in [3.05, 3.63) is 80.7 Å². The van der Waals surface area contributed by atoms with Crippen LogP contribution in [0.5, 0.6) is 11.5 Å². The number of nitrogens with one attached hydrogen (secondary N) is 3. The molecule has 188 valence electrons. The number of amidine groups is 1. The van der Waals surface area contributed by atoms with E-state index in [1.807, 2.05) is 55.5 Å². The van der Waals surface area contributed by atoms with Gasteiger partial charge in [-0.1, -0.05) is 18.2 Å². The van der Waals surface area contributed by atoms with Crippen molar-refractivity contribution in [2.75, 3.05) is 32.1 Å². The minimum absolute atomic E-state index is 0.300. The molecule has 8 nitrogen and oxygen atoms in total. The molecule has 9 heteroatoms. The fraction of sp³-hybridized carbons (Fsp3) is 0.296. The van der Waals surface area contributed by atoms with E-state index in [0.717, 1.165) is 42.9 Å². The summed E-state index contributed by atoms with van der Waals surface area (Å²) in [7, 11) is 2.14. The summed E-state index contributed by atoms with van der Waals surface area (Å²) < 4.78 is 6.64. The van der Waals surface area contributed by atoms with E-state index in [4.69, 9.17) is 9.73 Å². The molecule has 0 atom stereocenters. The number of likely N-dealkylation sites (tertiary alicyclic amines) is 1. The first-order valence-corrected chi connectivity index (χ1v) is 12.7. The summed E-state index contributed by atoms with van der Waals surface area (Å²) in [5.41, 5.74) is 2.28. The van der Waals surface area contributed by atoms with E-state index in [9.17, 15) is 4.79 Å². The predicted molar refractivity (Wildman–Crippen MR) is 150 cm³/mol. The average molecular weight is 551 g/mol. The fourth-order valence-corrected chi connectivity index (χ4v) is 4.50. The molecule has 0 unspecified atom stereocenters. The van der Waals surface area contributed by atoms with Gasteiger partial charge in [0.05, 0.1) is 16.8 Å². The lowest BCUT2D eigenvalue weighted by atomic mass is 10.1. The molecular weight excluding hydrogens is 520 g/mol. The highest BCUT2D eigenvalue weighted by Gasteiger charge is 2.19. The monoisotopic (exact) mass is 550 g/mol. The Morgan fingerprint density at radius 2 is 1.92 bits per heavy atom. The number of piperidine rings is 1. The van der Waals surface area contributed by atoms with Crippen LogP contribution in [0, 0.1) is 6.92 Å². The Bertz CT molecular complexity index is 1280. The van der Waals surface area contributed by atoms with Crippen LogP contribution in [0.4, 0.5) is 11.4 Å². The van der Waals surface area contributed by atoms with Crippen LogP contribution in [0.25, 0.3) is 0 Å². The van der Waals surface area contributed by atoms with Gasteiger partial charge in [0.15, 0.2) is 0 Å². The van der Waals surface area contributed by atoms with E-state index in [0.29, 0.717) is 40.0 Å². The maximum Gasteiger partial charge on any atom is 0.261 e. The zero-order valence-corrected chi connectivity index (χ0v) is 22.1. The third kappa shape index (κ3) is 6.48. The maximum absolute atomic E-state index is 12.8. The number of ether oxygens (including phenoxy) is 1. The molecule has 0 aliphatic carbocycles. The minimum atomic E-state index is -0.300. The molecule has 3 N–H and O–H groups in total. The molecule has 2 aromatic carbocycles. The van der Waals surface area contributed by atoms with E-state index < -0.39 is 0 Å². The molecule has 0 saturated carbocycles. The standard InChI is InChI=1S/C27H31BrN6O2/c1-18-6-4-5-7-23(18)36-21-10-8-20(9-11-21)33-26(24-25(29-2)22(28)16-30-27(24)35)32-17-31-19-12-14-34(3)15-13-19/h4-11,16,19,31H,2,12-15,17H2,1,3H3,(H,30,35)(H,32,33). The Morgan fingerprint density at radius 3 is 2.61 bits per heavy atom. The molecule has 1 aliphatic heterocycles. The van der Waals surface area contributed by atoms with Gasteiger partial charge in [0.2, 0.25) is 0 Å². The molecule has 1 aromatic heterocycles. The number of H-pyrrole nitrogens is 1. The molecule has 0 bridgehead atoms. The lowest BCUT2D eigenvalue weighted by Gasteiger charge is -2.29. The first-order chi connectivity index (χ1) is 17.4. The van der Waals surface area contributed by atoms with Gasteiger partial charge < -0.3 is 19.9 Å². The van der Waals surface area contributed by atoms with Crippen molar-refractivity contribution in [1.82, 2.24) is 15.2 Å². The van der Waals surface area contributed by atoms with Crippen LogP contribution in [0.15, 0.2) is 74.0 Å². The van der Waals surface area contributed by atoms with Gasteiger partial charge >= 0.3 is 0 Å². The predicted octanol–water partition coefficient (Wildman–Crippen LogP) is 5.07. The number of halogens is 1. The lowest BCUT2D eigenvalue weighted by Crippen LogP contribution is -2.41. The van der Waals surface area contributed by atoms with Crippen molar-refractivity contribution in [1.29, 1.82) is 0 Å². The van der Waals surface area contributed by atoms with Crippen LogP contribution in [-0.2, 0) is 0 Å². The SMILES string of the molecule is C=Nc1c(Br)c[nH]c(=O)c1C(=NCNC1CCN(C)CC1)Nc1ccc(Oc2ccccc2C)cc1. The fourth-order valence-electron chi connectivity index (χ4n) is 4.06. The molecule has 36 heavy (non-hydrogen) atoms. The molecule has 4 rings (SSSR count). The summed E-state index contributed by atoms with van der Waals surface area (Å²) in [6, 6.07) is 15.8. The summed E-state index contributed by atoms with van der Waals surface area (Å²) in [6.45, 7) is 8.14. The number of hydrogen-bond acceptors (Lipinski definition) is 6. The van der Waals surface area contributed by atoms with Gasteiger partial charge in [-0.05, 0) is 98.4 Å². The van der Waals surface area contributed by atoms with Crippen LogP contribution in [-0.4, -0.2) is 55.3 Å². The Balaban J connectivity index is 1.56. The van der Waals surface area contributed by atoms with E-state index in [-0.39, 0.29) is 5.56 Å². The zero-order chi connectivity index (χ0) is 25.5. The highest BCUT2D eigenvalue weighted by atomic mass is 79.9. The quantitative estimate of drug-likeness (QED) is 0.269. The Labute approximate surface area is 219 Å². The van der Waals surface area contributed by atoms with Crippen molar-refractivity contribution in [2.45, 2.75) is 25.8 Å². The van der Waals surface area contributed by atoms with Crippen LogP contribution in [0.3, 0.4) is 0 Å². The highest BCUT2D eigenvalue weighted by molar-refractivity contribution is 9.10. The Morgan fingerprint density at radius 1 is 1.19 bits per heavy atom. The summed E-state index contributed by atoms with van der Waals surface area (Å²) in [5.74, 6) is 1.93. The number of benzene rings is 2. The van der Waals surface area contributed by atoms with Gasteiger partial charge in [0.25, 0.3) is 5.56 Å². The average Bonchev–Trinajstić information content (AvgIpc) is 2.88. The van der Waals surface area contributed by atoms with E-state index >= 15 is 0 Å². The lowest BCUT2D eigenvalue weighted by molar-refractivity contribution is 0.236. The Kier molecular flexibility index (Phi) is 8.69. The maximum atomic E-state index is 12.8. The molecule has 1 fully saturated rings. The van der Waals surface area contributed by atoms with Crippen LogP contribution < -0.4 is 20.9 Å². The number of hydrogen-bond donors (Lipinski definition) is 3. The number of aryl methyl sites for hydroxylation is 1. The second kappa shape index (κ2) is 12.1. The van der Waals surface area contributed by atoms with Gasteiger partial charge in [-0.3, -0.25) is 20.1 Å². The zero-order valence-electron chi connectivity index (χ0n) is 20.6. The van der Waals surface area contributed by atoms with Gasteiger partial charge in [-0.15, -0.1) is 0 Å². The largest absolute Gasteiger partial charge is 0.457 e. The van der Waals surface area contributed by atoms with Crippen molar-refractivity contribution in [2.24, 2.45) is 9.98 Å². The molecular formula is C27H31BrN6O2. The van der Waals surface area contributed by atoms with Gasteiger partial charge in [0.1, 0.15) is 22.9 Å². The van der Waals surface area contributed by atoms with Crippen molar-refractivity contribution < 1.29 is 4.74 Å². The summed E-state index contributed by atoms with van der Waals surface area (Å²) in [6.07, 6.45) is 3.68. The summed E-state index contributed by atoms with van der Waals surface area (Å²) >= 11 is 3.45. The number of aromatic nitrogens is 1. The molecule has 1 saturated heterocycles. The first-order valence-electron chi connectivity index (χ1n) is 11.9. The summed E-state index contributed by atoms with van der Waals surface area (Å²) in [4.78, 5) is 26.7. The number of para-hydroxylation sites is 1. The third-order valence-corrected chi connectivity index (χ3v) is 6.79. The topological polar surface area (TPSA) is 94.1 Å². The van der Waals surface area contributed by atoms with E-state index in [1.54, 1.807) is 6.20 Å². The number of anilines is 1. The number of nitrogens with zero attached hydrogens (tertiary/aromatic N) is 3. The normalized spacial score (nSPS) is 15.0. The molecule has 0 spiro atoms. The number of rotatable bonds is 8. The van der Waals surface area contributed by atoms with Crippen molar-refractivity contribution in [3.8, 4) is 11.5 Å². The second-order valence-electron chi connectivity index (χ2n) is 8.81. The van der Waals surface area contributed by atoms with Crippen molar-refractivity contribution >= 4 is 39.9 Å². The Hall–Kier alpha value is -3.27. The van der Waals surface area contributed by atoms with Crippen LogP contribution in [0.2, 0.25) is 0 Å². The van der Waals surface area contributed by atoms with Crippen LogP contribution >= 0.6 is 15.9 Å². The molecule has 1 aliphatic rings. The molecule has 0 radical (unpaired) electrons. The van der Waals surface area contributed by atoms with E-state index in [1.165, 1.54) is 0 Å². The first kappa shape index (κ1) is 25.8. The van der Waals surface area contributed by atoms with Gasteiger partial charge in [0, 0.05) is 17.9 Å². The van der Waals surface area contributed by atoms with Gasteiger partial charge in [-0.2, -0.15) is 0 Å². The molecule has 3 aromatic rings. The van der Waals surface area contributed by atoms with E-state index in [2.05, 4.69) is 55.2 Å². The molecule has 0 amide bonds. The van der Waals surface area contributed by atoms with Crippen LogP contribution in [0.1, 0.15) is 24.0 Å². The smallest absolute Gasteiger partial charge is 0.261 e. The second-order valence-corrected chi connectivity index (χ2v) is 9.67. The van der Waals surface area contributed by atoms with Crippen molar-refractivity contribution in [3.63, 3.8) is 0 Å². The highest BCUT2D eigenvalue weighted by Crippen LogP contribution is 2.28. The third-order valence-electron chi connectivity index (χ3n) is 6.19. The minimum Gasteiger partial charge on any atom is -0.457 e. The number of pyridine rings is 1. The van der Waals surface area contributed by atoms with Gasteiger partial charge in [-0.25, -0.2) is 0 Å². The number of aromatic amines is 1. The number of aliphatic imine (C=N–C) groups is 2. The summed E-state index contributed by atoms with van der Waals surface area (Å²) in [5, 5.41) is 6.80.